The molecule has 0 bridgehead atoms. The highest BCUT2D eigenvalue weighted by Gasteiger charge is 2.26. The smallest absolute Gasteiger partial charge is 0.238 e. The van der Waals surface area contributed by atoms with Gasteiger partial charge in [0.2, 0.25) is 5.91 Å². The van der Waals surface area contributed by atoms with Gasteiger partial charge in [0.1, 0.15) is 0 Å². The Morgan fingerprint density at radius 2 is 2.43 bits per heavy atom. The van der Waals surface area contributed by atoms with E-state index in [-0.39, 0.29) is 11.9 Å². The molecule has 2 atom stereocenters. The normalized spacial score (nSPS) is 26.1. The van der Waals surface area contributed by atoms with Gasteiger partial charge in [-0.2, -0.15) is 0 Å². The summed E-state index contributed by atoms with van der Waals surface area (Å²) in [5.74, 6) is 6.09. The molecule has 0 aliphatic carbocycles. The van der Waals surface area contributed by atoms with Gasteiger partial charge >= 0.3 is 0 Å². The van der Waals surface area contributed by atoms with Crippen LogP contribution in [0.25, 0.3) is 0 Å². The van der Waals surface area contributed by atoms with Gasteiger partial charge in [0.15, 0.2) is 0 Å². The van der Waals surface area contributed by atoms with Crippen molar-refractivity contribution in [3.8, 4) is 11.8 Å². The summed E-state index contributed by atoms with van der Waals surface area (Å²) < 4.78 is 0. The Morgan fingerprint density at radius 3 is 3.07 bits per heavy atom. The van der Waals surface area contributed by atoms with E-state index in [4.69, 9.17) is 0 Å². The molecule has 3 heteroatoms. The van der Waals surface area contributed by atoms with Crippen molar-refractivity contribution in [3.63, 3.8) is 0 Å². The van der Waals surface area contributed by atoms with Crippen LogP contribution in [0.3, 0.4) is 0 Å². The second kappa shape index (κ2) is 5.66. The summed E-state index contributed by atoms with van der Waals surface area (Å²) in [7, 11) is 0. The predicted octanol–water partition coefficient (Wildman–Crippen LogP) is 0.514. The lowest BCUT2D eigenvalue weighted by Gasteiger charge is -2.28. The summed E-state index contributed by atoms with van der Waals surface area (Å²) in [5, 5.41) is 6.04. The third-order valence-corrected chi connectivity index (χ3v) is 2.58. The summed E-state index contributed by atoms with van der Waals surface area (Å²) in [6.45, 7) is 5.29. The van der Waals surface area contributed by atoms with E-state index in [9.17, 15) is 4.79 Å². The quantitative estimate of drug-likeness (QED) is 0.629. The van der Waals surface area contributed by atoms with Gasteiger partial charge < -0.3 is 10.6 Å². The first-order chi connectivity index (χ1) is 6.75. The number of rotatable bonds is 2. The molecular formula is C11H18N2O. The van der Waals surface area contributed by atoms with E-state index in [2.05, 4.69) is 29.4 Å². The number of piperidine rings is 1. The Morgan fingerprint density at radius 1 is 1.64 bits per heavy atom. The fourth-order valence-corrected chi connectivity index (χ4v) is 1.73. The maximum absolute atomic E-state index is 11.6. The van der Waals surface area contributed by atoms with Gasteiger partial charge in [0.25, 0.3) is 0 Å². The summed E-state index contributed by atoms with van der Waals surface area (Å²) in [6.07, 6.45) is 2.30. The zero-order valence-electron chi connectivity index (χ0n) is 8.89. The van der Waals surface area contributed by atoms with Crippen LogP contribution in [0.2, 0.25) is 0 Å². The molecule has 1 aliphatic heterocycles. The summed E-state index contributed by atoms with van der Waals surface area (Å²) in [5.41, 5.74) is 0. The topological polar surface area (TPSA) is 41.1 Å². The van der Waals surface area contributed by atoms with Crippen molar-refractivity contribution < 1.29 is 4.79 Å². The maximum atomic E-state index is 11.6. The lowest BCUT2D eigenvalue weighted by atomic mass is 9.92. The van der Waals surface area contributed by atoms with Crippen molar-refractivity contribution in [3.05, 3.63) is 0 Å². The van der Waals surface area contributed by atoms with Crippen LogP contribution in [0.1, 0.15) is 26.7 Å². The zero-order valence-corrected chi connectivity index (χ0v) is 8.89. The van der Waals surface area contributed by atoms with E-state index in [1.54, 1.807) is 6.92 Å². The van der Waals surface area contributed by atoms with E-state index in [0.29, 0.717) is 12.5 Å². The van der Waals surface area contributed by atoms with E-state index >= 15 is 0 Å². The van der Waals surface area contributed by atoms with Crippen LogP contribution in [-0.2, 0) is 4.79 Å². The highest BCUT2D eigenvalue weighted by molar-refractivity contribution is 5.82. The van der Waals surface area contributed by atoms with Gasteiger partial charge in [-0.3, -0.25) is 4.79 Å². The first-order valence-corrected chi connectivity index (χ1v) is 5.16. The third-order valence-electron chi connectivity index (χ3n) is 2.58. The van der Waals surface area contributed by atoms with Crippen molar-refractivity contribution in [2.45, 2.75) is 32.7 Å². The summed E-state index contributed by atoms with van der Waals surface area (Å²) in [6, 6.07) is -0.0255. The minimum absolute atomic E-state index is 0.0255. The number of carbonyl (C=O) groups excluding carboxylic acids is 1. The molecule has 78 valence electrons. The molecule has 14 heavy (non-hydrogen) atoms. The molecule has 2 unspecified atom stereocenters. The van der Waals surface area contributed by atoms with Crippen LogP contribution < -0.4 is 10.6 Å². The Bertz CT molecular complexity index is 252. The average Bonchev–Trinajstić information content (AvgIpc) is 2.18. The van der Waals surface area contributed by atoms with Crippen LogP contribution in [0.5, 0.6) is 0 Å². The van der Waals surface area contributed by atoms with Gasteiger partial charge in [-0.05, 0) is 32.2 Å². The highest BCUT2D eigenvalue weighted by atomic mass is 16.2. The van der Waals surface area contributed by atoms with Gasteiger partial charge in [-0.25, -0.2) is 0 Å². The molecule has 3 nitrogen and oxygen atoms in total. The van der Waals surface area contributed by atoms with Crippen LogP contribution in [0, 0.1) is 17.8 Å². The minimum Gasteiger partial charge on any atom is -0.344 e. The molecule has 1 aliphatic rings. The number of hydrogen-bond donors (Lipinski definition) is 2. The average molecular weight is 194 g/mol. The lowest BCUT2D eigenvalue weighted by Crippen LogP contribution is -2.50. The Balaban J connectivity index is 2.36. The predicted molar refractivity (Wildman–Crippen MR) is 56.6 cm³/mol. The van der Waals surface area contributed by atoms with Crippen molar-refractivity contribution in [1.82, 2.24) is 10.6 Å². The number of nitrogens with one attached hydrogen (secondary N) is 2. The van der Waals surface area contributed by atoms with Crippen LogP contribution >= 0.6 is 0 Å². The van der Waals surface area contributed by atoms with E-state index < -0.39 is 0 Å². The number of amides is 1. The summed E-state index contributed by atoms with van der Waals surface area (Å²) >= 11 is 0. The molecule has 0 aromatic carbocycles. The molecule has 1 saturated heterocycles. The molecule has 2 N–H and O–H groups in total. The first kappa shape index (κ1) is 11.1. The molecule has 0 spiro atoms. The van der Waals surface area contributed by atoms with Crippen LogP contribution in [0.15, 0.2) is 0 Å². The third kappa shape index (κ3) is 3.04. The second-order valence-electron chi connectivity index (χ2n) is 3.70. The monoisotopic (exact) mass is 194 g/mol. The van der Waals surface area contributed by atoms with Gasteiger partial charge in [0.05, 0.1) is 12.6 Å². The zero-order chi connectivity index (χ0) is 10.4. The van der Waals surface area contributed by atoms with Gasteiger partial charge in [0, 0.05) is 0 Å². The maximum Gasteiger partial charge on any atom is 0.238 e. The molecule has 1 heterocycles. The Kier molecular flexibility index (Phi) is 4.48. The molecule has 1 amide bonds. The van der Waals surface area contributed by atoms with Crippen molar-refractivity contribution in [2.24, 2.45) is 5.92 Å². The molecule has 1 rings (SSSR count). The number of carbonyl (C=O) groups is 1. The minimum atomic E-state index is -0.0255. The van der Waals surface area contributed by atoms with E-state index in [1.165, 1.54) is 6.42 Å². The van der Waals surface area contributed by atoms with Crippen LogP contribution in [-0.4, -0.2) is 25.0 Å². The molecule has 0 radical (unpaired) electrons. The number of hydrogen-bond acceptors (Lipinski definition) is 2. The molecule has 0 aromatic rings. The van der Waals surface area contributed by atoms with Crippen molar-refractivity contribution >= 4 is 5.91 Å². The van der Waals surface area contributed by atoms with Crippen molar-refractivity contribution in [2.75, 3.05) is 13.1 Å². The summed E-state index contributed by atoms with van der Waals surface area (Å²) in [4.78, 5) is 11.6. The van der Waals surface area contributed by atoms with E-state index in [1.807, 2.05) is 0 Å². The fraction of sp³-hybridized carbons (Fsp3) is 0.727. The van der Waals surface area contributed by atoms with E-state index in [0.717, 1.165) is 13.0 Å². The largest absolute Gasteiger partial charge is 0.344 e. The van der Waals surface area contributed by atoms with Gasteiger partial charge in [-0.15, -0.1) is 5.92 Å². The highest BCUT2D eigenvalue weighted by Crippen LogP contribution is 2.15. The molecule has 1 fully saturated rings. The van der Waals surface area contributed by atoms with Gasteiger partial charge in [-0.1, -0.05) is 12.8 Å². The van der Waals surface area contributed by atoms with Crippen molar-refractivity contribution in [1.29, 1.82) is 0 Å². The molecular weight excluding hydrogens is 176 g/mol. The SMILES string of the molecule is CC#CCNC(=O)C1NCCCC1C. The second-order valence-corrected chi connectivity index (χ2v) is 3.70. The first-order valence-electron chi connectivity index (χ1n) is 5.16. The molecule has 0 aromatic heterocycles. The molecule has 0 saturated carbocycles. The Hall–Kier alpha value is -1.01. The van der Waals surface area contributed by atoms with Crippen LogP contribution in [0.4, 0.5) is 0 Å². The lowest BCUT2D eigenvalue weighted by molar-refractivity contribution is -0.124. The fourth-order valence-electron chi connectivity index (χ4n) is 1.73. The Labute approximate surface area is 85.6 Å². The standard InChI is InChI=1S/C11H18N2O/c1-3-4-7-13-11(14)10-9(2)6-5-8-12-10/h9-10,12H,5-8H2,1-2H3,(H,13,14).